The highest BCUT2D eigenvalue weighted by Gasteiger charge is 2.20. The first kappa shape index (κ1) is 15.1. The zero-order chi connectivity index (χ0) is 16.1. The van der Waals surface area contributed by atoms with Gasteiger partial charge in [-0.05, 0) is 18.6 Å². The summed E-state index contributed by atoms with van der Waals surface area (Å²) >= 11 is 0. The Morgan fingerprint density at radius 2 is 1.65 bits per heavy atom. The van der Waals surface area contributed by atoms with Crippen LogP contribution in [0.25, 0.3) is 11.3 Å². The van der Waals surface area contributed by atoms with Gasteiger partial charge in [-0.15, -0.1) is 0 Å². The minimum Gasteiger partial charge on any atom is -0.462 e. The Balaban J connectivity index is 1.98. The molecular weight excluding hydrogens is 288 g/mol. The van der Waals surface area contributed by atoms with Gasteiger partial charge in [0, 0.05) is 12.0 Å². The van der Waals surface area contributed by atoms with E-state index in [0.29, 0.717) is 30.1 Å². The maximum atomic E-state index is 12.2. The summed E-state index contributed by atoms with van der Waals surface area (Å²) < 4.78 is 11.1. The van der Waals surface area contributed by atoms with E-state index in [2.05, 4.69) is 0 Å². The molecule has 3 aromatic rings. The molecule has 0 N–H and O–H groups in total. The second kappa shape index (κ2) is 6.97. The van der Waals surface area contributed by atoms with Gasteiger partial charge in [-0.1, -0.05) is 60.7 Å². The summed E-state index contributed by atoms with van der Waals surface area (Å²) in [5.41, 5.74) is 2.53. The van der Waals surface area contributed by atoms with Gasteiger partial charge in [0.15, 0.2) is 0 Å². The minimum atomic E-state index is -0.343. The maximum absolute atomic E-state index is 12.2. The van der Waals surface area contributed by atoms with Crippen LogP contribution < -0.4 is 0 Å². The van der Waals surface area contributed by atoms with Crippen LogP contribution in [0.1, 0.15) is 28.6 Å². The molecule has 3 nitrogen and oxygen atoms in total. The summed E-state index contributed by atoms with van der Waals surface area (Å²) in [6.07, 6.45) is 0.557. The normalized spacial score (nSPS) is 10.5. The molecule has 116 valence electrons. The predicted molar refractivity (Wildman–Crippen MR) is 89.3 cm³/mol. The minimum absolute atomic E-state index is 0.343. The quantitative estimate of drug-likeness (QED) is 0.641. The predicted octanol–water partition coefficient (Wildman–Crippen LogP) is 4.71. The molecule has 3 heteroatoms. The van der Waals surface area contributed by atoms with E-state index in [1.807, 2.05) is 60.7 Å². The molecule has 0 aliphatic heterocycles. The first-order chi connectivity index (χ1) is 11.3. The van der Waals surface area contributed by atoms with Crippen molar-refractivity contribution in [2.45, 2.75) is 13.3 Å². The van der Waals surface area contributed by atoms with Gasteiger partial charge in [0.25, 0.3) is 0 Å². The maximum Gasteiger partial charge on any atom is 0.341 e. The van der Waals surface area contributed by atoms with Gasteiger partial charge in [0.2, 0.25) is 0 Å². The van der Waals surface area contributed by atoms with E-state index < -0.39 is 0 Å². The van der Waals surface area contributed by atoms with E-state index in [4.69, 9.17) is 9.15 Å². The van der Waals surface area contributed by atoms with Crippen molar-refractivity contribution in [3.05, 3.63) is 83.6 Å². The molecule has 3 rings (SSSR count). The van der Waals surface area contributed by atoms with Gasteiger partial charge in [0.05, 0.1) is 6.61 Å². The van der Waals surface area contributed by atoms with Crippen molar-refractivity contribution < 1.29 is 13.9 Å². The van der Waals surface area contributed by atoms with Crippen LogP contribution in [-0.2, 0) is 11.2 Å². The highest BCUT2D eigenvalue weighted by molar-refractivity contribution is 5.92. The smallest absolute Gasteiger partial charge is 0.341 e. The van der Waals surface area contributed by atoms with Crippen molar-refractivity contribution >= 4 is 5.97 Å². The van der Waals surface area contributed by atoms with Crippen molar-refractivity contribution in [3.8, 4) is 11.3 Å². The van der Waals surface area contributed by atoms with Crippen LogP contribution >= 0.6 is 0 Å². The summed E-state index contributed by atoms with van der Waals surface area (Å²) in [6.45, 7) is 2.14. The van der Waals surface area contributed by atoms with Crippen LogP contribution in [0.15, 0.2) is 71.1 Å². The summed E-state index contributed by atoms with van der Waals surface area (Å²) in [7, 11) is 0. The highest BCUT2D eigenvalue weighted by atomic mass is 16.5. The summed E-state index contributed by atoms with van der Waals surface area (Å²) in [5.74, 6) is 0.970. The zero-order valence-corrected chi connectivity index (χ0v) is 13.0. The van der Waals surface area contributed by atoms with E-state index in [9.17, 15) is 4.79 Å². The third kappa shape index (κ3) is 3.51. The second-order valence-corrected chi connectivity index (χ2v) is 5.20. The fourth-order valence-corrected chi connectivity index (χ4v) is 2.47. The Morgan fingerprint density at radius 1 is 1.00 bits per heavy atom. The van der Waals surface area contributed by atoms with Gasteiger partial charge < -0.3 is 9.15 Å². The Kier molecular flexibility index (Phi) is 4.57. The summed E-state index contributed by atoms with van der Waals surface area (Å²) in [4.78, 5) is 12.2. The molecule has 2 aromatic carbocycles. The molecule has 1 heterocycles. The van der Waals surface area contributed by atoms with Crippen LogP contribution in [0.2, 0.25) is 0 Å². The van der Waals surface area contributed by atoms with Gasteiger partial charge in [0.1, 0.15) is 17.1 Å². The Morgan fingerprint density at radius 3 is 2.30 bits per heavy atom. The van der Waals surface area contributed by atoms with Gasteiger partial charge in [-0.3, -0.25) is 0 Å². The molecule has 0 unspecified atom stereocenters. The number of benzene rings is 2. The molecule has 1 aromatic heterocycles. The first-order valence-electron chi connectivity index (χ1n) is 7.67. The largest absolute Gasteiger partial charge is 0.462 e. The zero-order valence-electron chi connectivity index (χ0n) is 13.0. The number of esters is 1. The topological polar surface area (TPSA) is 39.4 Å². The Labute approximate surface area is 135 Å². The van der Waals surface area contributed by atoms with Crippen molar-refractivity contribution in [3.63, 3.8) is 0 Å². The first-order valence-corrected chi connectivity index (χ1v) is 7.67. The number of hydrogen-bond donors (Lipinski definition) is 0. The standard InChI is InChI=1S/C20H18O3/c1-2-22-20(21)17-14-18(16-11-7-4-8-12-16)23-19(17)13-15-9-5-3-6-10-15/h3-12,14H,2,13H2,1H3. The van der Waals surface area contributed by atoms with E-state index >= 15 is 0 Å². The fourth-order valence-electron chi connectivity index (χ4n) is 2.47. The lowest BCUT2D eigenvalue weighted by Crippen LogP contribution is -2.06. The van der Waals surface area contributed by atoms with E-state index in [0.717, 1.165) is 11.1 Å². The Bertz CT molecular complexity index is 773. The van der Waals surface area contributed by atoms with Crippen molar-refractivity contribution in [2.24, 2.45) is 0 Å². The van der Waals surface area contributed by atoms with E-state index in [1.165, 1.54) is 0 Å². The molecule has 0 aliphatic rings. The third-order valence-electron chi connectivity index (χ3n) is 3.57. The molecular formula is C20H18O3. The monoisotopic (exact) mass is 306 g/mol. The highest BCUT2D eigenvalue weighted by Crippen LogP contribution is 2.28. The van der Waals surface area contributed by atoms with Crippen molar-refractivity contribution in [1.82, 2.24) is 0 Å². The van der Waals surface area contributed by atoms with Gasteiger partial charge >= 0.3 is 5.97 Å². The summed E-state index contributed by atoms with van der Waals surface area (Å²) in [6, 6.07) is 21.5. The lowest BCUT2D eigenvalue weighted by molar-refractivity contribution is 0.0524. The van der Waals surface area contributed by atoms with Crippen LogP contribution in [0.5, 0.6) is 0 Å². The second-order valence-electron chi connectivity index (χ2n) is 5.20. The number of hydrogen-bond acceptors (Lipinski definition) is 3. The van der Waals surface area contributed by atoms with Crippen LogP contribution in [-0.4, -0.2) is 12.6 Å². The SMILES string of the molecule is CCOC(=O)c1cc(-c2ccccc2)oc1Cc1ccccc1. The van der Waals surface area contributed by atoms with E-state index in [-0.39, 0.29) is 5.97 Å². The number of carbonyl (C=O) groups is 1. The fraction of sp³-hybridized carbons (Fsp3) is 0.150. The Hall–Kier alpha value is -2.81. The van der Waals surface area contributed by atoms with E-state index in [1.54, 1.807) is 13.0 Å². The molecule has 0 spiro atoms. The van der Waals surface area contributed by atoms with Gasteiger partial charge in [-0.25, -0.2) is 4.79 Å². The summed E-state index contributed by atoms with van der Waals surface area (Å²) in [5, 5.41) is 0. The number of carbonyl (C=O) groups excluding carboxylic acids is 1. The van der Waals surface area contributed by atoms with Gasteiger partial charge in [-0.2, -0.15) is 0 Å². The molecule has 0 saturated heterocycles. The number of furan rings is 1. The molecule has 0 aliphatic carbocycles. The lowest BCUT2D eigenvalue weighted by atomic mass is 10.1. The van der Waals surface area contributed by atoms with Crippen molar-refractivity contribution in [2.75, 3.05) is 6.61 Å². The average molecular weight is 306 g/mol. The lowest BCUT2D eigenvalue weighted by Gasteiger charge is -2.03. The molecule has 23 heavy (non-hydrogen) atoms. The molecule has 0 radical (unpaired) electrons. The van der Waals surface area contributed by atoms with Crippen LogP contribution in [0.3, 0.4) is 0 Å². The third-order valence-corrected chi connectivity index (χ3v) is 3.57. The molecule has 0 saturated carbocycles. The van der Waals surface area contributed by atoms with Crippen LogP contribution in [0.4, 0.5) is 0 Å². The molecule has 0 amide bonds. The van der Waals surface area contributed by atoms with Crippen LogP contribution in [0, 0.1) is 0 Å². The molecule has 0 bridgehead atoms. The molecule has 0 atom stereocenters. The number of rotatable bonds is 5. The van der Waals surface area contributed by atoms with Crippen molar-refractivity contribution in [1.29, 1.82) is 0 Å². The molecule has 0 fully saturated rings. The average Bonchev–Trinajstić information content (AvgIpc) is 3.01. The number of ether oxygens (including phenoxy) is 1.